The second kappa shape index (κ2) is 4.77. The minimum Gasteiger partial charge on any atom is -0.467 e. The lowest BCUT2D eigenvalue weighted by atomic mass is 10.0. The molecule has 16 heavy (non-hydrogen) atoms. The van der Waals surface area contributed by atoms with Gasteiger partial charge in [0, 0.05) is 5.56 Å². The van der Waals surface area contributed by atoms with Gasteiger partial charge in [0.25, 0.3) is 0 Å². The van der Waals surface area contributed by atoms with E-state index in [-0.39, 0.29) is 19.0 Å². The quantitative estimate of drug-likeness (QED) is 0.707. The van der Waals surface area contributed by atoms with Gasteiger partial charge in [0.05, 0.1) is 19.1 Å². The zero-order valence-electron chi connectivity index (χ0n) is 8.73. The molecule has 0 unspecified atom stereocenters. The number of ether oxygens (including phenoxy) is 2. The molecule has 1 aromatic rings. The predicted octanol–water partition coefficient (Wildman–Crippen LogP) is 1.69. The summed E-state index contributed by atoms with van der Waals surface area (Å²) in [5.41, 5.74) is 1.55. The van der Waals surface area contributed by atoms with Crippen LogP contribution in [0.3, 0.4) is 0 Å². The zero-order chi connectivity index (χ0) is 11.4. The first-order chi connectivity index (χ1) is 7.81. The fourth-order valence-corrected chi connectivity index (χ4v) is 1.59. The van der Waals surface area contributed by atoms with Crippen molar-refractivity contribution in [2.75, 3.05) is 13.4 Å². The number of carbonyl (C=O) groups is 1. The average Bonchev–Trinajstić information content (AvgIpc) is 2.53. The Balaban J connectivity index is 2.28. The summed E-state index contributed by atoms with van der Waals surface area (Å²) in [4.78, 5) is 11.5. The fourth-order valence-electron chi connectivity index (χ4n) is 1.59. The van der Waals surface area contributed by atoms with E-state index >= 15 is 0 Å². The Morgan fingerprint density at radius 1 is 1.50 bits per heavy atom. The molecule has 2 rings (SSSR count). The first kappa shape index (κ1) is 10.7. The standard InChI is InChI=1S/C12H11NO3/c13-5-3-11(14)10-2-1-9-4-6-15-8-16-12(9)7-10/h1-2,7H,3-4,6,8H2. The van der Waals surface area contributed by atoms with E-state index in [0.717, 1.165) is 12.0 Å². The second-order valence-electron chi connectivity index (χ2n) is 3.50. The van der Waals surface area contributed by atoms with Crippen LogP contribution in [0.5, 0.6) is 5.75 Å². The van der Waals surface area contributed by atoms with Gasteiger partial charge >= 0.3 is 0 Å². The Bertz CT molecular complexity index is 448. The molecular formula is C12H11NO3. The van der Waals surface area contributed by atoms with Crippen LogP contribution in [0.2, 0.25) is 0 Å². The van der Waals surface area contributed by atoms with Crippen LogP contribution in [0.15, 0.2) is 18.2 Å². The number of hydrogen-bond donors (Lipinski definition) is 0. The minimum absolute atomic E-state index is 0.102. The molecule has 0 amide bonds. The van der Waals surface area contributed by atoms with Gasteiger partial charge in [-0.2, -0.15) is 5.26 Å². The smallest absolute Gasteiger partial charge is 0.189 e. The van der Waals surface area contributed by atoms with E-state index in [9.17, 15) is 4.79 Å². The van der Waals surface area contributed by atoms with Gasteiger partial charge in [-0.15, -0.1) is 0 Å². The molecule has 0 aromatic heterocycles. The number of hydrogen-bond acceptors (Lipinski definition) is 4. The van der Waals surface area contributed by atoms with E-state index in [2.05, 4.69) is 0 Å². The molecule has 0 bridgehead atoms. The van der Waals surface area contributed by atoms with Crippen molar-refractivity contribution in [3.63, 3.8) is 0 Å². The Kier molecular flexibility index (Phi) is 3.18. The van der Waals surface area contributed by atoms with Gasteiger partial charge in [-0.1, -0.05) is 12.1 Å². The number of fused-ring (bicyclic) bond motifs is 1. The van der Waals surface area contributed by atoms with Crippen LogP contribution < -0.4 is 4.74 Å². The van der Waals surface area contributed by atoms with E-state index in [0.29, 0.717) is 17.9 Å². The van der Waals surface area contributed by atoms with Crippen LogP contribution in [-0.4, -0.2) is 19.2 Å². The summed E-state index contributed by atoms with van der Waals surface area (Å²) in [6.07, 6.45) is 0.678. The summed E-state index contributed by atoms with van der Waals surface area (Å²) in [5.74, 6) is 0.500. The molecule has 0 saturated carbocycles. The summed E-state index contributed by atoms with van der Waals surface area (Å²) in [5, 5.41) is 8.46. The third-order valence-corrected chi connectivity index (χ3v) is 2.44. The summed E-state index contributed by atoms with van der Waals surface area (Å²) in [6.45, 7) is 0.835. The van der Waals surface area contributed by atoms with Gasteiger partial charge < -0.3 is 9.47 Å². The Morgan fingerprint density at radius 2 is 2.38 bits per heavy atom. The van der Waals surface area contributed by atoms with Crippen LogP contribution >= 0.6 is 0 Å². The highest BCUT2D eigenvalue weighted by Gasteiger charge is 2.12. The molecule has 0 atom stereocenters. The summed E-state index contributed by atoms with van der Waals surface area (Å²) in [7, 11) is 0. The van der Waals surface area contributed by atoms with Gasteiger partial charge in [0.2, 0.25) is 0 Å². The lowest BCUT2D eigenvalue weighted by Crippen LogP contribution is -2.01. The lowest BCUT2D eigenvalue weighted by molar-refractivity contribution is 0.0263. The Morgan fingerprint density at radius 3 is 3.19 bits per heavy atom. The van der Waals surface area contributed by atoms with Crippen LogP contribution in [0, 0.1) is 11.3 Å². The molecular weight excluding hydrogens is 206 g/mol. The van der Waals surface area contributed by atoms with E-state index in [1.165, 1.54) is 0 Å². The van der Waals surface area contributed by atoms with Crippen LogP contribution in [-0.2, 0) is 11.2 Å². The highest BCUT2D eigenvalue weighted by Crippen LogP contribution is 2.23. The van der Waals surface area contributed by atoms with Gasteiger partial charge in [-0.05, 0) is 18.1 Å². The minimum atomic E-state index is -0.181. The maximum atomic E-state index is 11.5. The molecule has 4 nitrogen and oxygen atoms in total. The fraction of sp³-hybridized carbons (Fsp3) is 0.333. The molecule has 1 aromatic carbocycles. The van der Waals surface area contributed by atoms with Crippen molar-refractivity contribution in [1.29, 1.82) is 5.26 Å². The number of ketones is 1. The van der Waals surface area contributed by atoms with Crippen molar-refractivity contribution >= 4 is 5.78 Å². The van der Waals surface area contributed by atoms with Crippen molar-refractivity contribution in [1.82, 2.24) is 0 Å². The molecule has 0 radical (unpaired) electrons. The van der Waals surface area contributed by atoms with E-state index in [4.69, 9.17) is 14.7 Å². The maximum Gasteiger partial charge on any atom is 0.189 e. The first-order valence-electron chi connectivity index (χ1n) is 5.05. The number of Topliss-reactive ketones (excluding diaryl/α,β-unsaturated/α-hetero) is 1. The van der Waals surface area contributed by atoms with Gasteiger partial charge in [0.1, 0.15) is 5.75 Å². The highest BCUT2D eigenvalue weighted by molar-refractivity contribution is 5.97. The van der Waals surface area contributed by atoms with Crippen molar-refractivity contribution < 1.29 is 14.3 Å². The number of carbonyl (C=O) groups excluding carboxylic acids is 1. The van der Waals surface area contributed by atoms with Crippen LogP contribution in [0.1, 0.15) is 22.3 Å². The molecule has 0 saturated heterocycles. The molecule has 0 spiro atoms. The molecule has 1 heterocycles. The Hall–Kier alpha value is -1.86. The van der Waals surface area contributed by atoms with Crippen molar-refractivity contribution in [2.24, 2.45) is 0 Å². The van der Waals surface area contributed by atoms with Crippen molar-refractivity contribution in [3.05, 3.63) is 29.3 Å². The maximum absolute atomic E-state index is 11.5. The number of benzene rings is 1. The topological polar surface area (TPSA) is 59.3 Å². The predicted molar refractivity (Wildman–Crippen MR) is 56.2 cm³/mol. The monoisotopic (exact) mass is 217 g/mol. The molecule has 0 N–H and O–H groups in total. The molecule has 4 heteroatoms. The second-order valence-corrected chi connectivity index (χ2v) is 3.50. The van der Waals surface area contributed by atoms with Gasteiger partial charge in [-0.3, -0.25) is 4.79 Å². The lowest BCUT2D eigenvalue weighted by Gasteiger charge is -2.07. The summed E-state index contributed by atoms with van der Waals surface area (Å²) in [6, 6.07) is 7.11. The van der Waals surface area contributed by atoms with Gasteiger partial charge in [0.15, 0.2) is 12.6 Å². The molecule has 1 aliphatic rings. The third kappa shape index (κ3) is 2.20. The third-order valence-electron chi connectivity index (χ3n) is 2.44. The Labute approximate surface area is 93.4 Å². The molecule has 0 fully saturated rings. The summed E-state index contributed by atoms with van der Waals surface area (Å²) < 4.78 is 10.5. The van der Waals surface area contributed by atoms with E-state index < -0.39 is 0 Å². The number of nitriles is 1. The molecule has 82 valence electrons. The van der Waals surface area contributed by atoms with E-state index in [1.807, 2.05) is 12.1 Å². The SMILES string of the molecule is N#CCC(=O)c1ccc2c(c1)OCOCC2. The van der Waals surface area contributed by atoms with Gasteiger partial charge in [-0.25, -0.2) is 0 Å². The van der Waals surface area contributed by atoms with Crippen LogP contribution in [0.25, 0.3) is 0 Å². The van der Waals surface area contributed by atoms with Crippen molar-refractivity contribution in [2.45, 2.75) is 12.8 Å². The van der Waals surface area contributed by atoms with Crippen molar-refractivity contribution in [3.8, 4) is 11.8 Å². The number of nitrogens with zero attached hydrogens (tertiary/aromatic N) is 1. The average molecular weight is 217 g/mol. The zero-order valence-corrected chi connectivity index (χ0v) is 8.73. The molecule has 0 aliphatic carbocycles. The molecule has 1 aliphatic heterocycles. The van der Waals surface area contributed by atoms with Crippen LogP contribution in [0.4, 0.5) is 0 Å². The highest BCUT2D eigenvalue weighted by atomic mass is 16.7. The summed E-state index contributed by atoms with van der Waals surface area (Å²) >= 11 is 0. The largest absolute Gasteiger partial charge is 0.467 e. The van der Waals surface area contributed by atoms with E-state index in [1.54, 1.807) is 12.1 Å². The normalized spacial score (nSPS) is 14.2. The first-order valence-corrected chi connectivity index (χ1v) is 5.05. The number of rotatable bonds is 2.